The van der Waals surface area contributed by atoms with Crippen molar-refractivity contribution in [2.45, 2.75) is 37.9 Å². The van der Waals surface area contributed by atoms with Gasteiger partial charge in [0.15, 0.2) is 6.04 Å². The largest absolute Gasteiger partial charge is 0.464 e. The normalized spacial score (nSPS) is 21.8. The minimum Gasteiger partial charge on any atom is -0.464 e. The molecule has 2 aliphatic rings. The Labute approximate surface area is 187 Å². The van der Waals surface area contributed by atoms with Crippen molar-refractivity contribution in [2.75, 3.05) is 25.1 Å². The summed E-state index contributed by atoms with van der Waals surface area (Å²) in [6.45, 7) is 2.21. The van der Waals surface area contributed by atoms with Gasteiger partial charge in [-0.15, -0.1) is 0 Å². The smallest absolute Gasteiger partial charge is 0.331 e. The number of nitrogens with one attached hydrogen (secondary N) is 1. The second-order valence-electron chi connectivity index (χ2n) is 7.90. The lowest BCUT2D eigenvalue weighted by atomic mass is 10.0. The molecule has 0 radical (unpaired) electrons. The van der Waals surface area contributed by atoms with Crippen LogP contribution in [0.15, 0.2) is 60.7 Å². The summed E-state index contributed by atoms with van der Waals surface area (Å²) in [5, 5.41) is 2.67. The number of hydrogen-bond donors (Lipinski definition) is 1. The average molecular weight is 437 g/mol. The van der Waals surface area contributed by atoms with Gasteiger partial charge < -0.3 is 19.9 Å². The van der Waals surface area contributed by atoms with Gasteiger partial charge in [-0.1, -0.05) is 36.4 Å². The Hall–Kier alpha value is -3.55. The molecule has 2 bridgehead atoms. The van der Waals surface area contributed by atoms with Gasteiger partial charge in [-0.05, 0) is 44.0 Å². The van der Waals surface area contributed by atoms with Crippen molar-refractivity contribution >= 4 is 29.4 Å². The Bertz CT molecular complexity index is 929. The van der Waals surface area contributed by atoms with Crippen molar-refractivity contribution in [3.8, 4) is 0 Å². The third kappa shape index (κ3) is 3.88. The van der Waals surface area contributed by atoms with Gasteiger partial charge in [-0.25, -0.2) is 14.4 Å². The van der Waals surface area contributed by atoms with Crippen molar-refractivity contribution in [2.24, 2.45) is 0 Å². The van der Waals surface area contributed by atoms with Gasteiger partial charge in [0.2, 0.25) is 0 Å². The molecule has 4 rings (SSSR count). The average Bonchev–Trinajstić information content (AvgIpc) is 3.13. The first-order valence-electron chi connectivity index (χ1n) is 10.9. The highest BCUT2D eigenvalue weighted by Gasteiger charge is 2.53. The molecule has 2 aliphatic heterocycles. The maximum Gasteiger partial charge on any atom is 0.331 e. The lowest BCUT2D eigenvalue weighted by molar-refractivity contribution is -0.152. The standard InChI is InChI=1S/C24H28N4O4/c1-3-32-22(29)21-20-15-14-19(28(20)23(30)25-2)16-26(21)24(31)27(17-10-6-4-7-11-17)18-12-8-5-9-13-18/h4-13,19-21H,3,14-16H2,1-2H3,(H,25,30)/t19-,20+,21-/m0/s1. The van der Waals surface area contributed by atoms with E-state index in [-0.39, 0.29) is 31.3 Å². The SMILES string of the molecule is CCOC(=O)[C@@H]1[C@H]2CC[C@@H](CN1C(=O)N(c1ccccc1)c1ccccc1)N2C(=O)NC. The number of ether oxygens (including phenoxy) is 1. The molecule has 168 valence electrons. The Morgan fingerprint density at radius 3 is 2.12 bits per heavy atom. The first kappa shape index (κ1) is 21.7. The highest BCUT2D eigenvalue weighted by Crippen LogP contribution is 2.37. The van der Waals surface area contributed by atoms with Gasteiger partial charge in [-0.2, -0.15) is 0 Å². The summed E-state index contributed by atoms with van der Waals surface area (Å²) in [7, 11) is 1.57. The number of amides is 4. The number of esters is 1. The van der Waals surface area contributed by atoms with Crippen LogP contribution in [0, 0.1) is 0 Å². The Kier molecular flexibility index (Phi) is 6.30. The molecule has 2 aromatic rings. The summed E-state index contributed by atoms with van der Waals surface area (Å²) in [5.74, 6) is -0.485. The van der Waals surface area contributed by atoms with E-state index in [2.05, 4.69) is 5.32 Å². The maximum atomic E-state index is 14.0. The minimum atomic E-state index is -0.867. The number of urea groups is 2. The zero-order valence-corrected chi connectivity index (χ0v) is 18.3. The van der Waals surface area contributed by atoms with Gasteiger partial charge in [0, 0.05) is 13.6 Å². The van der Waals surface area contributed by atoms with E-state index in [1.807, 2.05) is 60.7 Å². The van der Waals surface area contributed by atoms with E-state index < -0.39 is 18.1 Å². The number of benzene rings is 2. The fraction of sp³-hybridized carbons (Fsp3) is 0.375. The lowest BCUT2D eigenvalue weighted by Gasteiger charge is -2.46. The second-order valence-corrected chi connectivity index (χ2v) is 7.90. The number of nitrogens with zero attached hydrogens (tertiary/aromatic N) is 3. The van der Waals surface area contributed by atoms with Crippen LogP contribution in [0.5, 0.6) is 0 Å². The third-order valence-electron chi connectivity index (χ3n) is 6.10. The fourth-order valence-electron chi connectivity index (χ4n) is 4.76. The van der Waals surface area contributed by atoms with Crippen molar-refractivity contribution < 1.29 is 19.1 Å². The first-order valence-corrected chi connectivity index (χ1v) is 10.9. The molecule has 32 heavy (non-hydrogen) atoms. The molecule has 0 saturated carbocycles. The molecular weight excluding hydrogens is 408 g/mol. The predicted molar refractivity (Wildman–Crippen MR) is 121 cm³/mol. The lowest BCUT2D eigenvalue weighted by Crippen LogP contribution is -2.67. The van der Waals surface area contributed by atoms with Crippen molar-refractivity contribution in [1.29, 1.82) is 0 Å². The first-order chi connectivity index (χ1) is 15.6. The number of carbonyl (C=O) groups excluding carboxylic acids is 3. The molecule has 8 nitrogen and oxygen atoms in total. The Morgan fingerprint density at radius 2 is 1.59 bits per heavy atom. The van der Waals surface area contributed by atoms with Crippen LogP contribution in [-0.2, 0) is 9.53 Å². The van der Waals surface area contributed by atoms with Gasteiger partial charge in [-0.3, -0.25) is 4.90 Å². The van der Waals surface area contributed by atoms with E-state index in [1.54, 1.807) is 28.7 Å². The van der Waals surface area contributed by atoms with Crippen LogP contribution >= 0.6 is 0 Å². The Balaban J connectivity index is 1.74. The molecule has 2 heterocycles. The highest BCUT2D eigenvalue weighted by atomic mass is 16.5. The maximum absolute atomic E-state index is 14.0. The van der Waals surface area contributed by atoms with Gasteiger partial charge in [0.25, 0.3) is 0 Å². The van der Waals surface area contributed by atoms with Crippen molar-refractivity contribution in [1.82, 2.24) is 15.1 Å². The summed E-state index contributed by atoms with van der Waals surface area (Å²) in [6, 6.07) is 16.7. The summed E-state index contributed by atoms with van der Waals surface area (Å²) >= 11 is 0. The van der Waals surface area contributed by atoms with Crippen LogP contribution in [0.4, 0.5) is 21.0 Å². The number of rotatable bonds is 4. The summed E-state index contributed by atoms with van der Waals surface area (Å²) in [4.78, 5) is 44.5. The van der Waals surface area contributed by atoms with Crippen LogP contribution in [0.1, 0.15) is 19.8 Å². The van der Waals surface area contributed by atoms with Crippen LogP contribution in [0.25, 0.3) is 0 Å². The molecule has 8 heteroatoms. The number of likely N-dealkylation sites (tertiary alicyclic amines) is 1. The zero-order valence-electron chi connectivity index (χ0n) is 18.3. The molecule has 2 saturated heterocycles. The topological polar surface area (TPSA) is 82.2 Å². The molecule has 2 fully saturated rings. The minimum absolute atomic E-state index is 0.150. The number of carbonyl (C=O) groups is 3. The van der Waals surface area contributed by atoms with E-state index >= 15 is 0 Å². The molecular formula is C24H28N4O4. The second kappa shape index (κ2) is 9.30. The molecule has 0 unspecified atom stereocenters. The number of anilines is 2. The van der Waals surface area contributed by atoms with Gasteiger partial charge >= 0.3 is 18.0 Å². The van der Waals surface area contributed by atoms with Crippen molar-refractivity contribution in [3.05, 3.63) is 60.7 Å². The van der Waals surface area contributed by atoms with E-state index in [4.69, 9.17) is 4.74 Å². The number of hydrogen-bond acceptors (Lipinski definition) is 4. The third-order valence-corrected chi connectivity index (χ3v) is 6.10. The molecule has 4 amide bonds. The molecule has 0 aliphatic carbocycles. The van der Waals surface area contributed by atoms with Gasteiger partial charge in [0.1, 0.15) is 0 Å². The number of para-hydroxylation sites is 2. The molecule has 0 aromatic heterocycles. The van der Waals surface area contributed by atoms with E-state index in [0.717, 1.165) is 6.42 Å². The monoisotopic (exact) mass is 436 g/mol. The zero-order chi connectivity index (χ0) is 22.7. The highest BCUT2D eigenvalue weighted by molar-refractivity contribution is 6.01. The Morgan fingerprint density at radius 1 is 1.00 bits per heavy atom. The summed E-state index contributed by atoms with van der Waals surface area (Å²) in [6.07, 6.45) is 1.37. The quantitative estimate of drug-likeness (QED) is 0.745. The van der Waals surface area contributed by atoms with Crippen LogP contribution in [-0.4, -0.2) is 66.2 Å². The summed E-state index contributed by atoms with van der Waals surface area (Å²) < 4.78 is 5.36. The van der Waals surface area contributed by atoms with E-state index in [1.165, 1.54) is 0 Å². The van der Waals surface area contributed by atoms with E-state index in [0.29, 0.717) is 17.8 Å². The van der Waals surface area contributed by atoms with Crippen molar-refractivity contribution in [3.63, 3.8) is 0 Å². The van der Waals surface area contributed by atoms with Gasteiger partial charge in [0.05, 0.1) is 30.1 Å². The number of piperazine rings is 1. The van der Waals surface area contributed by atoms with Crippen LogP contribution in [0.2, 0.25) is 0 Å². The molecule has 2 aromatic carbocycles. The van der Waals surface area contributed by atoms with E-state index in [9.17, 15) is 14.4 Å². The number of fused-ring (bicyclic) bond motifs is 2. The molecule has 0 spiro atoms. The van der Waals surface area contributed by atoms with Crippen LogP contribution < -0.4 is 10.2 Å². The fourth-order valence-corrected chi connectivity index (χ4v) is 4.76. The molecule has 1 N–H and O–H groups in total. The predicted octanol–water partition coefficient (Wildman–Crippen LogP) is 3.36. The summed E-state index contributed by atoms with van der Waals surface area (Å²) in [5.41, 5.74) is 1.40. The van der Waals surface area contributed by atoms with Crippen LogP contribution in [0.3, 0.4) is 0 Å². The molecule has 3 atom stereocenters.